The van der Waals surface area contributed by atoms with Crippen molar-refractivity contribution in [3.05, 3.63) is 0 Å². The van der Waals surface area contributed by atoms with E-state index in [1.54, 1.807) is 0 Å². The van der Waals surface area contributed by atoms with Crippen LogP contribution in [0.5, 0.6) is 0 Å². The Labute approximate surface area is 126 Å². The van der Waals surface area contributed by atoms with E-state index in [1.165, 1.54) is 4.31 Å². The van der Waals surface area contributed by atoms with E-state index in [2.05, 4.69) is 5.32 Å². The van der Waals surface area contributed by atoms with Crippen LogP contribution in [0.25, 0.3) is 0 Å². The lowest BCUT2D eigenvalue weighted by Gasteiger charge is -2.33. The number of piperazine rings is 1. The fraction of sp³-hybridized carbons (Fsp3) is 0.917. The third-order valence-electron chi connectivity index (χ3n) is 3.20. The van der Waals surface area contributed by atoms with Gasteiger partial charge in [0, 0.05) is 38.6 Å². The van der Waals surface area contributed by atoms with Crippen LogP contribution in [0.3, 0.4) is 0 Å². The topological polar surface area (TPSA) is 69.7 Å². The van der Waals surface area contributed by atoms with Gasteiger partial charge in [-0.1, -0.05) is 6.92 Å². The van der Waals surface area contributed by atoms with E-state index in [9.17, 15) is 13.2 Å². The van der Waals surface area contributed by atoms with Crippen molar-refractivity contribution in [1.82, 2.24) is 14.5 Å². The molecule has 0 aromatic carbocycles. The molecule has 0 aromatic rings. The third-order valence-corrected chi connectivity index (χ3v) is 5.42. The van der Waals surface area contributed by atoms with Gasteiger partial charge in [-0.05, 0) is 12.8 Å². The van der Waals surface area contributed by atoms with Gasteiger partial charge in [-0.15, -0.1) is 11.6 Å². The van der Waals surface area contributed by atoms with Gasteiger partial charge in [-0.25, -0.2) is 8.42 Å². The van der Waals surface area contributed by atoms with Crippen molar-refractivity contribution in [1.29, 1.82) is 0 Å². The quantitative estimate of drug-likeness (QED) is 0.642. The van der Waals surface area contributed by atoms with Crippen LogP contribution in [-0.2, 0) is 14.8 Å². The first-order valence-electron chi connectivity index (χ1n) is 7.02. The molecule has 118 valence electrons. The minimum atomic E-state index is -3.19. The van der Waals surface area contributed by atoms with Crippen molar-refractivity contribution in [2.24, 2.45) is 0 Å². The maximum absolute atomic E-state index is 12.0. The van der Waals surface area contributed by atoms with Gasteiger partial charge in [0.1, 0.15) is 0 Å². The molecule has 8 heteroatoms. The summed E-state index contributed by atoms with van der Waals surface area (Å²) in [4.78, 5) is 13.6. The predicted molar refractivity (Wildman–Crippen MR) is 80.4 cm³/mol. The average Bonchev–Trinajstić information content (AvgIpc) is 2.43. The molecule has 1 aliphatic rings. The second kappa shape index (κ2) is 8.81. The number of carbonyl (C=O) groups is 1. The molecule has 1 aliphatic heterocycles. The number of carbonyl (C=O) groups excluding carboxylic acids is 1. The van der Waals surface area contributed by atoms with Gasteiger partial charge in [0.25, 0.3) is 0 Å². The summed E-state index contributed by atoms with van der Waals surface area (Å²) in [6.45, 7) is 5.13. The largest absolute Gasteiger partial charge is 0.355 e. The van der Waals surface area contributed by atoms with Crippen molar-refractivity contribution >= 4 is 27.5 Å². The molecule has 6 nitrogen and oxygen atoms in total. The number of nitrogens with zero attached hydrogens (tertiary/aromatic N) is 2. The maximum atomic E-state index is 12.0. The van der Waals surface area contributed by atoms with E-state index < -0.39 is 10.0 Å². The first-order valence-corrected chi connectivity index (χ1v) is 9.17. The standard InChI is InChI=1S/C12H24ClN3O3S/c1-2-5-14-12(17)11-15-6-8-16(9-7-15)20(18,19)10-3-4-13/h2-11H2,1H3,(H,14,17). The first kappa shape index (κ1) is 17.7. The first-order chi connectivity index (χ1) is 9.49. The van der Waals surface area contributed by atoms with E-state index in [1.807, 2.05) is 11.8 Å². The molecule has 0 unspecified atom stereocenters. The third kappa shape index (κ3) is 5.95. The molecule has 1 heterocycles. The molecule has 0 spiro atoms. The van der Waals surface area contributed by atoms with E-state index in [0.717, 1.165) is 6.42 Å². The second-order valence-electron chi connectivity index (χ2n) is 4.88. The normalized spacial score (nSPS) is 18.1. The van der Waals surface area contributed by atoms with Crippen LogP contribution in [-0.4, -0.2) is 74.4 Å². The Kier molecular flexibility index (Phi) is 7.79. The van der Waals surface area contributed by atoms with Crippen molar-refractivity contribution < 1.29 is 13.2 Å². The van der Waals surface area contributed by atoms with Gasteiger partial charge in [0.15, 0.2) is 0 Å². The lowest BCUT2D eigenvalue weighted by atomic mass is 10.3. The molecule has 0 radical (unpaired) electrons. The lowest BCUT2D eigenvalue weighted by Crippen LogP contribution is -2.51. The molecule has 1 rings (SSSR count). The molecular weight excluding hydrogens is 302 g/mol. The lowest BCUT2D eigenvalue weighted by molar-refractivity contribution is -0.122. The monoisotopic (exact) mass is 325 g/mol. The van der Waals surface area contributed by atoms with E-state index in [-0.39, 0.29) is 11.7 Å². The Hall–Kier alpha value is -0.370. The summed E-state index contributed by atoms with van der Waals surface area (Å²) >= 11 is 5.53. The van der Waals surface area contributed by atoms with Crippen LogP contribution >= 0.6 is 11.6 Å². The van der Waals surface area contributed by atoms with Gasteiger partial charge in [-0.3, -0.25) is 9.69 Å². The molecule has 0 atom stereocenters. The summed E-state index contributed by atoms with van der Waals surface area (Å²) in [6, 6.07) is 0. The van der Waals surface area contributed by atoms with Crippen molar-refractivity contribution in [2.75, 3.05) is 50.9 Å². The Morgan fingerprint density at radius 3 is 2.45 bits per heavy atom. The zero-order valence-electron chi connectivity index (χ0n) is 12.0. The van der Waals surface area contributed by atoms with Crippen molar-refractivity contribution in [3.8, 4) is 0 Å². The number of hydrogen-bond acceptors (Lipinski definition) is 4. The molecule has 1 N–H and O–H groups in total. The van der Waals surface area contributed by atoms with Gasteiger partial charge in [-0.2, -0.15) is 4.31 Å². The second-order valence-corrected chi connectivity index (χ2v) is 7.35. The van der Waals surface area contributed by atoms with E-state index in [4.69, 9.17) is 11.6 Å². The summed E-state index contributed by atoms with van der Waals surface area (Å²) < 4.78 is 25.5. The SMILES string of the molecule is CCCNC(=O)CN1CCN(S(=O)(=O)CCCCl)CC1. The molecule has 0 bridgehead atoms. The fourth-order valence-electron chi connectivity index (χ4n) is 2.06. The fourth-order valence-corrected chi connectivity index (χ4v) is 3.83. The molecule has 1 amide bonds. The Bertz CT molecular complexity index is 395. The maximum Gasteiger partial charge on any atom is 0.234 e. The van der Waals surface area contributed by atoms with Gasteiger partial charge in [0.05, 0.1) is 12.3 Å². The minimum Gasteiger partial charge on any atom is -0.355 e. The summed E-state index contributed by atoms with van der Waals surface area (Å²) in [7, 11) is -3.19. The van der Waals surface area contributed by atoms with Crippen LogP contribution in [0.1, 0.15) is 19.8 Å². The van der Waals surface area contributed by atoms with Gasteiger partial charge < -0.3 is 5.32 Å². The highest BCUT2D eigenvalue weighted by molar-refractivity contribution is 7.89. The number of rotatable bonds is 8. The highest BCUT2D eigenvalue weighted by atomic mass is 35.5. The van der Waals surface area contributed by atoms with Crippen molar-refractivity contribution in [2.45, 2.75) is 19.8 Å². The Morgan fingerprint density at radius 2 is 1.90 bits per heavy atom. The van der Waals surface area contributed by atoms with Crippen LogP contribution < -0.4 is 5.32 Å². The zero-order chi connectivity index (χ0) is 15.0. The summed E-state index contributed by atoms with van der Waals surface area (Å²) in [5.74, 6) is 0.467. The van der Waals surface area contributed by atoms with Gasteiger partial charge >= 0.3 is 0 Å². The van der Waals surface area contributed by atoms with Crippen molar-refractivity contribution in [3.63, 3.8) is 0 Å². The number of sulfonamides is 1. The minimum absolute atomic E-state index is 0.00490. The molecule has 0 aliphatic carbocycles. The number of amides is 1. The molecule has 1 saturated heterocycles. The highest BCUT2D eigenvalue weighted by Crippen LogP contribution is 2.09. The van der Waals surface area contributed by atoms with Gasteiger partial charge in [0.2, 0.25) is 15.9 Å². The van der Waals surface area contributed by atoms with E-state index >= 15 is 0 Å². The highest BCUT2D eigenvalue weighted by Gasteiger charge is 2.26. The number of alkyl halides is 1. The molecule has 1 fully saturated rings. The summed E-state index contributed by atoms with van der Waals surface area (Å²) in [5, 5.41) is 2.82. The van der Waals surface area contributed by atoms with E-state index in [0.29, 0.717) is 51.6 Å². The Balaban J connectivity index is 2.34. The van der Waals surface area contributed by atoms with Crippen LogP contribution in [0.4, 0.5) is 0 Å². The van der Waals surface area contributed by atoms with Crippen LogP contribution in [0.2, 0.25) is 0 Å². The number of halogens is 1. The van der Waals surface area contributed by atoms with Crippen LogP contribution in [0.15, 0.2) is 0 Å². The number of nitrogens with one attached hydrogen (secondary N) is 1. The summed E-state index contributed by atoms with van der Waals surface area (Å²) in [5.41, 5.74) is 0. The predicted octanol–water partition coefficient (Wildman–Crippen LogP) is 0.0889. The smallest absolute Gasteiger partial charge is 0.234 e. The summed E-state index contributed by atoms with van der Waals surface area (Å²) in [6.07, 6.45) is 1.39. The molecule has 0 aromatic heterocycles. The van der Waals surface area contributed by atoms with Crippen LogP contribution in [0, 0.1) is 0 Å². The zero-order valence-corrected chi connectivity index (χ0v) is 13.5. The Morgan fingerprint density at radius 1 is 1.25 bits per heavy atom. The molecular formula is C12H24ClN3O3S. The average molecular weight is 326 g/mol. The number of hydrogen-bond donors (Lipinski definition) is 1. The molecule has 20 heavy (non-hydrogen) atoms. The molecule has 0 saturated carbocycles.